The molecule has 0 aliphatic heterocycles. The summed E-state index contributed by atoms with van der Waals surface area (Å²) in [5.41, 5.74) is 0.845. The lowest BCUT2D eigenvalue weighted by atomic mass is 9.84. The molecule has 0 atom stereocenters. The summed E-state index contributed by atoms with van der Waals surface area (Å²) in [6.07, 6.45) is -2.46. The lowest BCUT2D eigenvalue weighted by Crippen LogP contribution is -2.63. The number of benzene rings is 3. The van der Waals surface area contributed by atoms with Crippen molar-refractivity contribution in [1.29, 1.82) is 0 Å². The molecule has 0 radical (unpaired) electrons. The van der Waals surface area contributed by atoms with Crippen molar-refractivity contribution in [2.75, 3.05) is 0 Å². The Balaban J connectivity index is 1.94. The second-order valence-corrected chi connectivity index (χ2v) is 14.3. The lowest BCUT2D eigenvalue weighted by molar-refractivity contribution is -0.382. The first kappa shape index (κ1) is 32.2. The van der Waals surface area contributed by atoms with Crippen LogP contribution in [0.3, 0.4) is 0 Å². The van der Waals surface area contributed by atoms with Crippen molar-refractivity contribution >= 4 is 20.4 Å². The molecule has 42 heavy (non-hydrogen) atoms. The van der Waals surface area contributed by atoms with Crippen LogP contribution in [0.1, 0.15) is 43.6 Å². The molecule has 3 aromatic rings. The SMILES string of the molecule is O=S(=O)(OS(c1ccccc1)(c1ccccc1)c1ccc(C2CCCCC2)cc1)C(F)(F)C(F)(F)C(F)(F)C(F)(F)F. The molecule has 14 heteroatoms. The van der Waals surface area contributed by atoms with E-state index in [4.69, 9.17) is 3.63 Å². The van der Waals surface area contributed by atoms with Gasteiger partial charge in [0.2, 0.25) is 0 Å². The van der Waals surface area contributed by atoms with Gasteiger partial charge in [0.05, 0.1) is 0 Å². The summed E-state index contributed by atoms with van der Waals surface area (Å²) in [6.45, 7) is 0. The van der Waals surface area contributed by atoms with Crippen LogP contribution in [0, 0.1) is 0 Å². The molecule has 4 rings (SSSR count). The molecule has 0 N–H and O–H groups in total. The Bertz CT molecular complexity index is 1420. The standard InChI is InChI=1S/C28H25F9O3S2/c29-25(30,27(33,34)35)26(31,32)28(36,37)42(38,39)40-41(22-12-6-2-7-13-22,23-14-8-3-9-15-23)24-18-16-21(17-19-24)20-10-4-1-5-11-20/h2-3,6-9,12-20H,1,4-5,10-11H2. The van der Waals surface area contributed by atoms with Crippen LogP contribution < -0.4 is 0 Å². The van der Waals surface area contributed by atoms with E-state index in [1.807, 2.05) is 0 Å². The normalized spacial score (nSPS) is 16.8. The minimum atomic E-state index is -7.43. The Labute approximate surface area is 238 Å². The van der Waals surface area contributed by atoms with Crippen LogP contribution in [0.15, 0.2) is 99.6 Å². The number of hydrogen-bond donors (Lipinski definition) is 0. The molecular formula is C28H25F9O3S2. The van der Waals surface area contributed by atoms with Gasteiger partial charge < -0.3 is 0 Å². The molecule has 1 aliphatic carbocycles. The summed E-state index contributed by atoms with van der Waals surface area (Å²) in [5, 5.41) is -7.01. The van der Waals surface area contributed by atoms with E-state index in [0.29, 0.717) is 0 Å². The van der Waals surface area contributed by atoms with Gasteiger partial charge in [-0.15, -0.1) is 0 Å². The molecular weight excluding hydrogens is 619 g/mol. The second kappa shape index (κ2) is 11.4. The Kier molecular flexibility index (Phi) is 8.76. The van der Waals surface area contributed by atoms with Crippen LogP contribution >= 0.6 is 10.3 Å². The molecule has 1 saturated carbocycles. The third kappa shape index (κ3) is 5.41. The number of alkyl halides is 9. The quantitative estimate of drug-likeness (QED) is 0.218. The Morgan fingerprint density at radius 2 is 1.00 bits per heavy atom. The van der Waals surface area contributed by atoms with Crippen molar-refractivity contribution in [3.8, 4) is 0 Å². The molecule has 0 unspecified atom stereocenters. The highest BCUT2D eigenvalue weighted by atomic mass is 32.3. The maximum Gasteiger partial charge on any atom is 0.460 e. The molecule has 1 aliphatic rings. The molecule has 3 aromatic carbocycles. The van der Waals surface area contributed by atoms with E-state index in [0.717, 1.165) is 37.7 Å². The first-order valence-electron chi connectivity index (χ1n) is 12.7. The Hall–Kier alpha value is -2.71. The molecule has 0 saturated heterocycles. The van der Waals surface area contributed by atoms with Crippen molar-refractivity contribution in [1.82, 2.24) is 0 Å². The van der Waals surface area contributed by atoms with Crippen LogP contribution in [-0.4, -0.2) is 31.7 Å². The summed E-state index contributed by atoms with van der Waals surface area (Å²) in [6, 6.07) is 19.4. The number of rotatable bonds is 9. The zero-order chi connectivity index (χ0) is 31.0. The smallest absolute Gasteiger partial charge is 0.202 e. The molecule has 0 amide bonds. The van der Waals surface area contributed by atoms with E-state index in [9.17, 15) is 47.9 Å². The highest BCUT2D eigenvalue weighted by Crippen LogP contribution is 2.71. The summed E-state index contributed by atoms with van der Waals surface area (Å²) in [4.78, 5) is -0.330. The van der Waals surface area contributed by atoms with E-state index in [1.54, 1.807) is 12.1 Å². The highest BCUT2D eigenvalue weighted by molar-refractivity contribution is 8.33. The molecule has 0 aromatic heterocycles. The minimum absolute atomic E-state index is 0.0928. The summed E-state index contributed by atoms with van der Waals surface area (Å²) < 4.78 is 155. The molecule has 0 heterocycles. The Morgan fingerprint density at radius 3 is 1.43 bits per heavy atom. The van der Waals surface area contributed by atoms with Gasteiger partial charge in [0.25, 0.3) is 0 Å². The monoisotopic (exact) mass is 644 g/mol. The fourth-order valence-corrected chi connectivity index (χ4v) is 10.0. The summed E-state index contributed by atoms with van der Waals surface area (Å²) in [5.74, 6) is -14.7. The first-order valence-corrected chi connectivity index (χ1v) is 15.6. The minimum Gasteiger partial charge on any atom is -0.202 e. The fraction of sp³-hybridized carbons (Fsp3) is 0.357. The van der Waals surface area contributed by atoms with Gasteiger partial charge in [-0.3, -0.25) is 0 Å². The maximum atomic E-state index is 15.0. The highest BCUT2D eigenvalue weighted by Gasteiger charge is 2.86. The molecule has 230 valence electrons. The van der Waals surface area contributed by atoms with Crippen LogP contribution in [0.4, 0.5) is 39.5 Å². The number of hydrogen-bond acceptors (Lipinski definition) is 3. The fourth-order valence-electron chi connectivity index (χ4n) is 4.81. The zero-order valence-corrected chi connectivity index (χ0v) is 23.3. The van der Waals surface area contributed by atoms with Crippen LogP contribution in [0.2, 0.25) is 0 Å². The van der Waals surface area contributed by atoms with E-state index in [1.165, 1.54) is 72.8 Å². The van der Waals surface area contributed by atoms with E-state index < -0.39 is 43.7 Å². The largest absolute Gasteiger partial charge is 0.460 e. The predicted molar refractivity (Wildman–Crippen MR) is 138 cm³/mol. The van der Waals surface area contributed by atoms with Crippen molar-refractivity contribution in [2.45, 2.75) is 76.0 Å². The van der Waals surface area contributed by atoms with Gasteiger partial charge >= 0.3 is 33.4 Å². The molecule has 0 bridgehead atoms. The van der Waals surface area contributed by atoms with Crippen LogP contribution in [-0.2, 0) is 13.7 Å². The number of halogens is 9. The van der Waals surface area contributed by atoms with E-state index in [-0.39, 0.29) is 20.6 Å². The van der Waals surface area contributed by atoms with Gasteiger partial charge in [0.1, 0.15) is 0 Å². The third-order valence-corrected chi connectivity index (χ3v) is 12.3. The molecule has 3 nitrogen and oxygen atoms in total. The van der Waals surface area contributed by atoms with E-state index in [2.05, 4.69) is 0 Å². The van der Waals surface area contributed by atoms with Gasteiger partial charge in [0, 0.05) is 14.7 Å². The van der Waals surface area contributed by atoms with Crippen molar-refractivity contribution in [3.63, 3.8) is 0 Å². The molecule has 1 fully saturated rings. The third-order valence-electron chi connectivity index (χ3n) is 7.06. The van der Waals surface area contributed by atoms with Gasteiger partial charge in [-0.25, -0.2) is 3.63 Å². The second-order valence-electron chi connectivity index (χ2n) is 9.77. The van der Waals surface area contributed by atoms with Gasteiger partial charge in [-0.2, -0.15) is 47.9 Å². The van der Waals surface area contributed by atoms with Crippen molar-refractivity contribution in [3.05, 3.63) is 90.5 Å². The predicted octanol–water partition coefficient (Wildman–Crippen LogP) is 9.70. The first-order chi connectivity index (χ1) is 19.5. The van der Waals surface area contributed by atoms with Crippen LogP contribution in [0.25, 0.3) is 0 Å². The topological polar surface area (TPSA) is 43.4 Å². The maximum absolute atomic E-state index is 15.0. The Morgan fingerprint density at radius 1 is 0.571 bits per heavy atom. The lowest BCUT2D eigenvalue weighted by Gasteiger charge is -2.41. The summed E-state index contributed by atoms with van der Waals surface area (Å²) >= 11 is 0. The van der Waals surface area contributed by atoms with Crippen LogP contribution in [0.5, 0.6) is 0 Å². The van der Waals surface area contributed by atoms with Gasteiger partial charge in [-0.1, -0.05) is 67.8 Å². The summed E-state index contributed by atoms with van der Waals surface area (Å²) in [7, 11) is -11.2. The van der Waals surface area contributed by atoms with Crippen molar-refractivity contribution < 1.29 is 51.6 Å². The van der Waals surface area contributed by atoms with E-state index >= 15 is 0 Å². The molecule has 0 spiro atoms. The van der Waals surface area contributed by atoms with Crippen molar-refractivity contribution in [2.24, 2.45) is 0 Å². The zero-order valence-electron chi connectivity index (χ0n) is 21.6. The van der Waals surface area contributed by atoms with Gasteiger partial charge in [0.15, 0.2) is 0 Å². The van der Waals surface area contributed by atoms with Gasteiger partial charge in [-0.05, 0) is 71.0 Å². The average Bonchev–Trinajstić information content (AvgIpc) is 2.96. The average molecular weight is 645 g/mol.